The van der Waals surface area contributed by atoms with Gasteiger partial charge in [0.1, 0.15) is 11.3 Å². The fourth-order valence-corrected chi connectivity index (χ4v) is 3.42. The molecule has 0 saturated carbocycles. The summed E-state index contributed by atoms with van der Waals surface area (Å²) in [5, 5.41) is 5.44. The van der Waals surface area contributed by atoms with E-state index >= 15 is 0 Å². The van der Waals surface area contributed by atoms with Crippen molar-refractivity contribution < 1.29 is 28.0 Å². The van der Waals surface area contributed by atoms with Gasteiger partial charge in [-0.3, -0.25) is 14.9 Å². The van der Waals surface area contributed by atoms with E-state index in [1.165, 1.54) is 17.4 Å². The Labute approximate surface area is 166 Å². The van der Waals surface area contributed by atoms with Gasteiger partial charge in [0.05, 0.1) is 25.5 Å². The number of benzene rings is 1. The summed E-state index contributed by atoms with van der Waals surface area (Å²) >= 11 is 0. The predicted octanol–water partition coefficient (Wildman–Crippen LogP) is 2.63. The van der Waals surface area contributed by atoms with Crippen LogP contribution in [-0.2, 0) is 40.1 Å². The van der Waals surface area contributed by atoms with Gasteiger partial charge in [0.2, 0.25) is 0 Å². The summed E-state index contributed by atoms with van der Waals surface area (Å²) in [6.45, 7) is -0.401. The summed E-state index contributed by atoms with van der Waals surface area (Å²) in [5.41, 5.74) is 4.05. The quantitative estimate of drug-likeness (QED) is 0.620. The number of nitrogens with one attached hydrogen (secondary N) is 2. The van der Waals surface area contributed by atoms with Crippen molar-refractivity contribution in [3.8, 4) is 0 Å². The molecular formula is C21H20N2O6. The molecule has 2 heterocycles. The van der Waals surface area contributed by atoms with Crippen LogP contribution in [0.3, 0.4) is 0 Å². The topological polar surface area (TPSA) is 111 Å². The van der Waals surface area contributed by atoms with Crippen LogP contribution in [0.5, 0.6) is 0 Å². The molecule has 1 aliphatic carbocycles. The Bertz CT molecular complexity index is 1050. The number of amides is 3. The van der Waals surface area contributed by atoms with Crippen molar-refractivity contribution >= 4 is 28.9 Å². The summed E-state index contributed by atoms with van der Waals surface area (Å²) in [6.07, 6.45) is 6.22. The molecule has 3 amide bonds. The summed E-state index contributed by atoms with van der Waals surface area (Å²) in [5.74, 6) is -0.735. The van der Waals surface area contributed by atoms with Gasteiger partial charge in [-0.25, -0.2) is 4.79 Å². The Morgan fingerprint density at radius 2 is 1.93 bits per heavy atom. The first-order chi connectivity index (χ1) is 14.1. The molecule has 0 atom stereocenters. The molecule has 2 aromatic heterocycles. The number of hydrogen-bond acceptors (Lipinski definition) is 6. The highest BCUT2D eigenvalue weighted by Gasteiger charge is 2.18. The molecule has 4 rings (SSSR count). The number of urea groups is 1. The van der Waals surface area contributed by atoms with E-state index in [1.807, 2.05) is 6.07 Å². The molecule has 1 aliphatic rings. The fraction of sp³-hybridized carbons (Fsp3) is 0.286. The van der Waals surface area contributed by atoms with Gasteiger partial charge >= 0.3 is 12.0 Å². The standard InChI is InChI=1S/C21H20N2O6/c24-19(23-21(26)22-10-16-5-2-6-27-16)12-29-20(25)9-15-11-28-18-8-14-4-1-3-13(14)7-17(15)18/h2,5-8,11H,1,3-4,9-10,12H2,(H2,22,23,24,26). The minimum Gasteiger partial charge on any atom is -0.467 e. The molecule has 0 bridgehead atoms. The average molecular weight is 396 g/mol. The molecule has 8 heteroatoms. The Kier molecular flexibility index (Phi) is 5.33. The van der Waals surface area contributed by atoms with E-state index in [1.54, 1.807) is 18.4 Å². The first-order valence-electron chi connectivity index (χ1n) is 9.36. The minimum absolute atomic E-state index is 0.0102. The molecule has 0 unspecified atom stereocenters. The minimum atomic E-state index is -0.717. The lowest BCUT2D eigenvalue weighted by atomic mass is 10.0. The van der Waals surface area contributed by atoms with Crippen LogP contribution in [0.2, 0.25) is 0 Å². The summed E-state index contributed by atoms with van der Waals surface area (Å²) in [6, 6.07) is 6.78. The Morgan fingerprint density at radius 3 is 2.72 bits per heavy atom. The lowest BCUT2D eigenvalue weighted by Crippen LogP contribution is -2.41. The highest BCUT2D eigenvalue weighted by atomic mass is 16.5. The van der Waals surface area contributed by atoms with Crippen LogP contribution in [0, 0.1) is 0 Å². The van der Waals surface area contributed by atoms with Crippen molar-refractivity contribution in [3.63, 3.8) is 0 Å². The van der Waals surface area contributed by atoms with Crippen LogP contribution >= 0.6 is 0 Å². The number of aryl methyl sites for hydroxylation is 2. The number of carbonyl (C=O) groups excluding carboxylic acids is 3. The number of ether oxygens (including phenoxy) is 1. The molecule has 29 heavy (non-hydrogen) atoms. The normalized spacial score (nSPS) is 12.6. The number of carbonyl (C=O) groups is 3. The molecule has 0 saturated heterocycles. The number of esters is 1. The van der Waals surface area contributed by atoms with Gasteiger partial charge in [0.25, 0.3) is 5.91 Å². The highest BCUT2D eigenvalue weighted by molar-refractivity contribution is 5.95. The summed E-state index contributed by atoms with van der Waals surface area (Å²) in [4.78, 5) is 35.5. The number of rotatable bonds is 6. The summed E-state index contributed by atoms with van der Waals surface area (Å²) < 4.78 is 15.6. The summed E-state index contributed by atoms with van der Waals surface area (Å²) in [7, 11) is 0. The molecule has 0 spiro atoms. The zero-order valence-corrected chi connectivity index (χ0v) is 15.7. The van der Waals surface area contributed by atoms with Crippen LogP contribution < -0.4 is 10.6 Å². The largest absolute Gasteiger partial charge is 0.467 e. The van der Waals surface area contributed by atoms with E-state index in [-0.39, 0.29) is 13.0 Å². The second-order valence-electron chi connectivity index (χ2n) is 6.88. The van der Waals surface area contributed by atoms with E-state index in [2.05, 4.69) is 16.7 Å². The Balaban J connectivity index is 1.25. The fourth-order valence-electron chi connectivity index (χ4n) is 3.42. The molecular weight excluding hydrogens is 376 g/mol. The van der Waals surface area contributed by atoms with Crippen molar-refractivity contribution in [3.05, 3.63) is 59.2 Å². The van der Waals surface area contributed by atoms with Gasteiger partial charge in [-0.2, -0.15) is 0 Å². The molecule has 3 aromatic rings. The third kappa shape index (κ3) is 4.48. The molecule has 0 aliphatic heterocycles. The lowest BCUT2D eigenvalue weighted by molar-refractivity contribution is -0.147. The van der Waals surface area contributed by atoms with Crippen molar-refractivity contribution in [1.82, 2.24) is 10.6 Å². The van der Waals surface area contributed by atoms with Gasteiger partial charge in [-0.15, -0.1) is 0 Å². The molecule has 1 aromatic carbocycles. The molecule has 0 radical (unpaired) electrons. The van der Waals surface area contributed by atoms with Gasteiger partial charge < -0.3 is 18.9 Å². The van der Waals surface area contributed by atoms with E-state index in [4.69, 9.17) is 13.6 Å². The molecule has 150 valence electrons. The molecule has 2 N–H and O–H groups in total. The number of furan rings is 2. The predicted molar refractivity (Wildman–Crippen MR) is 102 cm³/mol. The third-order valence-electron chi connectivity index (χ3n) is 4.82. The van der Waals surface area contributed by atoms with E-state index in [9.17, 15) is 14.4 Å². The lowest BCUT2D eigenvalue weighted by Gasteiger charge is -2.06. The van der Waals surface area contributed by atoms with Crippen molar-refractivity contribution in [1.29, 1.82) is 0 Å². The van der Waals surface area contributed by atoms with E-state index in [0.29, 0.717) is 5.76 Å². The zero-order chi connectivity index (χ0) is 20.2. The maximum atomic E-state index is 12.1. The van der Waals surface area contributed by atoms with E-state index in [0.717, 1.165) is 35.8 Å². The van der Waals surface area contributed by atoms with E-state index < -0.39 is 24.5 Å². The Hall–Kier alpha value is -3.55. The van der Waals surface area contributed by atoms with Crippen molar-refractivity contribution in [2.45, 2.75) is 32.2 Å². The SMILES string of the molecule is O=C(COC(=O)Cc1coc2cc3c(cc12)CCC3)NC(=O)NCc1ccco1. The van der Waals surface area contributed by atoms with Crippen LogP contribution in [0.4, 0.5) is 4.79 Å². The van der Waals surface area contributed by atoms with Gasteiger partial charge in [-0.1, -0.05) is 0 Å². The number of hydrogen-bond donors (Lipinski definition) is 2. The van der Waals surface area contributed by atoms with Crippen molar-refractivity contribution in [2.75, 3.05) is 6.61 Å². The first-order valence-corrected chi connectivity index (χ1v) is 9.36. The Morgan fingerprint density at radius 1 is 1.10 bits per heavy atom. The second-order valence-corrected chi connectivity index (χ2v) is 6.88. The second kappa shape index (κ2) is 8.22. The number of fused-ring (bicyclic) bond motifs is 2. The first kappa shape index (κ1) is 18.8. The van der Waals surface area contributed by atoms with Gasteiger partial charge in [-0.05, 0) is 54.7 Å². The van der Waals surface area contributed by atoms with Crippen LogP contribution in [-0.4, -0.2) is 24.5 Å². The van der Waals surface area contributed by atoms with Crippen LogP contribution in [0.25, 0.3) is 11.0 Å². The van der Waals surface area contributed by atoms with Crippen LogP contribution in [0.15, 0.2) is 45.6 Å². The molecule has 8 nitrogen and oxygen atoms in total. The third-order valence-corrected chi connectivity index (χ3v) is 4.82. The highest BCUT2D eigenvalue weighted by Crippen LogP contribution is 2.30. The molecule has 0 fully saturated rings. The monoisotopic (exact) mass is 396 g/mol. The zero-order valence-electron chi connectivity index (χ0n) is 15.7. The maximum absolute atomic E-state index is 12.1. The van der Waals surface area contributed by atoms with Gasteiger partial charge in [0.15, 0.2) is 6.61 Å². The maximum Gasteiger partial charge on any atom is 0.321 e. The number of imide groups is 1. The van der Waals surface area contributed by atoms with Crippen molar-refractivity contribution in [2.24, 2.45) is 0 Å². The smallest absolute Gasteiger partial charge is 0.321 e. The van der Waals surface area contributed by atoms with Crippen LogP contribution in [0.1, 0.15) is 28.9 Å². The average Bonchev–Trinajstić information content (AvgIpc) is 3.44. The van der Waals surface area contributed by atoms with Gasteiger partial charge in [0, 0.05) is 10.9 Å².